The van der Waals surface area contributed by atoms with Gasteiger partial charge in [0.1, 0.15) is 0 Å². The highest BCUT2D eigenvalue weighted by Crippen LogP contribution is 2.37. The lowest BCUT2D eigenvalue weighted by molar-refractivity contribution is -0.137. The zero-order valence-electron chi connectivity index (χ0n) is 16.3. The van der Waals surface area contributed by atoms with Crippen molar-refractivity contribution in [1.82, 2.24) is 9.80 Å². The molecule has 0 unspecified atom stereocenters. The molecule has 1 N–H and O–H groups in total. The fourth-order valence-electron chi connectivity index (χ4n) is 4.32. The van der Waals surface area contributed by atoms with Gasteiger partial charge in [0.15, 0.2) is 0 Å². The lowest BCUT2D eigenvalue weighted by Gasteiger charge is -2.39. The fraction of sp³-hybridized carbons (Fsp3) is 0.650. The van der Waals surface area contributed by atoms with E-state index in [1.807, 2.05) is 11.9 Å². The number of alkyl halides is 3. The molecule has 8 heteroatoms. The van der Waals surface area contributed by atoms with Gasteiger partial charge in [0, 0.05) is 57.3 Å². The van der Waals surface area contributed by atoms with Gasteiger partial charge < -0.3 is 19.8 Å². The van der Waals surface area contributed by atoms with Crippen LogP contribution in [0.3, 0.4) is 0 Å². The van der Waals surface area contributed by atoms with E-state index in [0.717, 1.165) is 6.07 Å². The molecule has 2 saturated heterocycles. The Morgan fingerprint density at radius 2 is 1.86 bits per heavy atom. The van der Waals surface area contributed by atoms with Gasteiger partial charge in [-0.05, 0) is 32.0 Å². The van der Waals surface area contributed by atoms with E-state index >= 15 is 0 Å². The maximum Gasteiger partial charge on any atom is 0.418 e. The standard InChI is InChI=1S/C20H28F3N3O2/c1-24-12-14(18(27)13-24)11-19(28)25(2)15-7-9-26(10-8-15)17-6-4-3-5-16(17)20(21,22)23/h3-6,14-15,18,27H,7-13H2,1-2H3/t14-,18-/m1/s1. The van der Waals surface area contributed by atoms with Gasteiger partial charge in [0.25, 0.3) is 0 Å². The first-order valence-electron chi connectivity index (χ1n) is 9.70. The summed E-state index contributed by atoms with van der Waals surface area (Å²) in [4.78, 5) is 18.1. The number of aliphatic hydroxyl groups is 1. The minimum Gasteiger partial charge on any atom is -0.391 e. The Morgan fingerprint density at radius 3 is 2.43 bits per heavy atom. The first kappa shape index (κ1) is 20.9. The van der Waals surface area contributed by atoms with E-state index in [4.69, 9.17) is 0 Å². The molecule has 1 amide bonds. The van der Waals surface area contributed by atoms with Crippen molar-refractivity contribution in [2.45, 2.75) is 37.6 Å². The topological polar surface area (TPSA) is 47.0 Å². The molecule has 0 spiro atoms. The van der Waals surface area contributed by atoms with Crippen LogP contribution in [0.4, 0.5) is 18.9 Å². The van der Waals surface area contributed by atoms with Crippen molar-refractivity contribution in [3.63, 3.8) is 0 Å². The number of piperidine rings is 1. The van der Waals surface area contributed by atoms with Crippen LogP contribution in [-0.4, -0.2) is 73.2 Å². The highest BCUT2D eigenvalue weighted by Gasteiger charge is 2.36. The smallest absolute Gasteiger partial charge is 0.391 e. The minimum absolute atomic E-state index is 0.00603. The maximum atomic E-state index is 13.3. The molecule has 2 aliphatic rings. The Morgan fingerprint density at radius 1 is 1.21 bits per heavy atom. The lowest BCUT2D eigenvalue weighted by atomic mass is 9.98. The van der Waals surface area contributed by atoms with E-state index in [9.17, 15) is 23.1 Å². The fourth-order valence-corrected chi connectivity index (χ4v) is 4.32. The molecular formula is C20H28F3N3O2. The predicted molar refractivity (Wildman–Crippen MR) is 101 cm³/mol. The zero-order chi connectivity index (χ0) is 20.5. The van der Waals surface area contributed by atoms with Gasteiger partial charge in [-0.2, -0.15) is 13.2 Å². The average molecular weight is 399 g/mol. The number of amides is 1. The van der Waals surface area contributed by atoms with Gasteiger partial charge in [0.05, 0.1) is 11.7 Å². The van der Waals surface area contributed by atoms with Crippen molar-refractivity contribution in [3.05, 3.63) is 29.8 Å². The highest BCUT2D eigenvalue weighted by atomic mass is 19.4. The van der Waals surface area contributed by atoms with E-state index in [1.54, 1.807) is 22.9 Å². The number of hydrogen-bond acceptors (Lipinski definition) is 4. The third kappa shape index (κ3) is 4.60. The van der Waals surface area contributed by atoms with Crippen molar-refractivity contribution in [2.24, 2.45) is 5.92 Å². The molecule has 156 valence electrons. The van der Waals surface area contributed by atoms with Crippen LogP contribution >= 0.6 is 0 Å². The summed E-state index contributed by atoms with van der Waals surface area (Å²) in [5.74, 6) is -0.0628. The van der Waals surface area contributed by atoms with Crippen molar-refractivity contribution < 1.29 is 23.1 Å². The Labute approximate surface area is 163 Å². The lowest BCUT2D eigenvalue weighted by Crippen LogP contribution is -2.46. The van der Waals surface area contributed by atoms with Crippen LogP contribution in [0.15, 0.2) is 24.3 Å². The van der Waals surface area contributed by atoms with E-state index in [2.05, 4.69) is 0 Å². The number of likely N-dealkylation sites (tertiary alicyclic amines) is 1. The highest BCUT2D eigenvalue weighted by molar-refractivity contribution is 5.76. The number of aliphatic hydroxyl groups excluding tert-OH is 1. The number of benzene rings is 1. The number of carbonyl (C=O) groups excluding carboxylic acids is 1. The molecule has 0 radical (unpaired) electrons. The predicted octanol–water partition coefficient (Wildman–Crippen LogP) is 2.45. The second-order valence-electron chi connectivity index (χ2n) is 7.99. The van der Waals surface area contributed by atoms with Crippen molar-refractivity contribution >= 4 is 11.6 Å². The first-order chi connectivity index (χ1) is 13.2. The summed E-state index contributed by atoms with van der Waals surface area (Å²) in [5.41, 5.74) is -0.406. The van der Waals surface area contributed by atoms with Gasteiger partial charge in [-0.3, -0.25) is 4.79 Å². The number of rotatable bonds is 4. The monoisotopic (exact) mass is 399 g/mol. The number of hydrogen-bond donors (Lipinski definition) is 1. The third-order valence-electron chi connectivity index (χ3n) is 5.98. The van der Waals surface area contributed by atoms with Crippen molar-refractivity contribution in [3.8, 4) is 0 Å². The number of para-hydroxylation sites is 1. The maximum absolute atomic E-state index is 13.3. The summed E-state index contributed by atoms with van der Waals surface area (Å²) in [7, 11) is 3.68. The molecule has 28 heavy (non-hydrogen) atoms. The Balaban J connectivity index is 1.57. The first-order valence-corrected chi connectivity index (χ1v) is 9.70. The molecule has 5 nitrogen and oxygen atoms in total. The minimum atomic E-state index is -4.38. The summed E-state index contributed by atoms with van der Waals surface area (Å²) in [6, 6.07) is 5.66. The molecular weight excluding hydrogens is 371 g/mol. The van der Waals surface area contributed by atoms with Gasteiger partial charge in [-0.25, -0.2) is 0 Å². The Hall–Kier alpha value is -1.80. The number of halogens is 3. The Kier molecular flexibility index (Phi) is 6.19. The van der Waals surface area contributed by atoms with E-state index < -0.39 is 17.8 Å². The molecule has 0 saturated carbocycles. The number of carbonyl (C=O) groups is 1. The quantitative estimate of drug-likeness (QED) is 0.845. The van der Waals surface area contributed by atoms with Crippen LogP contribution in [0.1, 0.15) is 24.8 Å². The molecule has 0 bridgehead atoms. The average Bonchev–Trinajstić information content (AvgIpc) is 2.97. The second-order valence-corrected chi connectivity index (χ2v) is 7.99. The van der Waals surface area contributed by atoms with Crippen LogP contribution in [-0.2, 0) is 11.0 Å². The van der Waals surface area contributed by atoms with Crippen LogP contribution in [0, 0.1) is 5.92 Å². The van der Waals surface area contributed by atoms with Crippen LogP contribution in [0.2, 0.25) is 0 Å². The summed E-state index contributed by atoms with van der Waals surface area (Å²) in [6.07, 6.45) is -3.30. The van der Waals surface area contributed by atoms with E-state index in [1.165, 1.54) is 12.1 Å². The van der Waals surface area contributed by atoms with Crippen LogP contribution in [0.5, 0.6) is 0 Å². The largest absolute Gasteiger partial charge is 0.418 e. The SMILES string of the molecule is CN1C[C@@H](CC(=O)N(C)C2CCN(c3ccccc3C(F)(F)F)CC2)[C@H](O)C1. The van der Waals surface area contributed by atoms with Gasteiger partial charge >= 0.3 is 6.18 Å². The van der Waals surface area contributed by atoms with E-state index in [0.29, 0.717) is 45.4 Å². The molecule has 2 heterocycles. The summed E-state index contributed by atoms with van der Waals surface area (Å²) in [6.45, 7) is 2.24. The number of anilines is 1. The molecule has 3 rings (SSSR count). The molecule has 0 aromatic heterocycles. The third-order valence-corrected chi connectivity index (χ3v) is 5.98. The molecule has 2 aliphatic heterocycles. The summed E-state index contributed by atoms with van der Waals surface area (Å²) in [5, 5.41) is 10.0. The molecule has 2 atom stereocenters. The van der Waals surface area contributed by atoms with Crippen molar-refractivity contribution in [1.29, 1.82) is 0 Å². The molecule has 1 aromatic carbocycles. The number of nitrogens with zero attached hydrogens (tertiary/aromatic N) is 3. The molecule has 0 aliphatic carbocycles. The molecule has 2 fully saturated rings. The molecule has 1 aromatic rings. The zero-order valence-corrected chi connectivity index (χ0v) is 16.3. The summed E-state index contributed by atoms with van der Waals surface area (Å²) < 4.78 is 39.8. The van der Waals surface area contributed by atoms with Crippen LogP contribution in [0.25, 0.3) is 0 Å². The van der Waals surface area contributed by atoms with Crippen molar-refractivity contribution in [2.75, 3.05) is 45.2 Å². The Bertz CT molecular complexity index is 690. The summed E-state index contributed by atoms with van der Waals surface area (Å²) >= 11 is 0. The number of likely N-dealkylation sites (N-methyl/N-ethyl adjacent to an activating group) is 1. The van der Waals surface area contributed by atoms with Gasteiger partial charge in [-0.1, -0.05) is 12.1 Å². The van der Waals surface area contributed by atoms with Gasteiger partial charge in [0.2, 0.25) is 5.91 Å². The normalized spacial score (nSPS) is 24.6. The van der Waals surface area contributed by atoms with Gasteiger partial charge in [-0.15, -0.1) is 0 Å². The van der Waals surface area contributed by atoms with E-state index in [-0.39, 0.29) is 23.6 Å². The second kappa shape index (κ2) is 8.29. The number of β-amino-alcohol motifs (C(OH)–C–C–N with tert-alkyl or cyclic N) is 1. The van der Waals surface area contributed by atoms with Crippen LogP contribution < -0.4 is 4.90 Å².